The Balaban J connectivity index is 1.51. The number of esters is 1. The van der Waals surface area contributed by atoms with E-state index in [1.165, 1.54) is 5.56 Å². The Morgan fingerprint density at radius 1 is 1.07 bits per heavy atom. The number of anilines is 1. The van der Waals surface area contributed by atoms with E-state index < -0.39 is 5.97 Å². The third kappa shape index (κ3) is 3.29. The zero-order chi connectivity index (χ0) is 20.6. The topological polar surface area (TPSA) is 59.5 Å². The van der Waals surface area contributed by atoms with Gasteiger partial charge in [0, 0.05) is 41.5 Å². The van der Waals surface area contributed by atoms with E-state index in [0.29, 0.717) is 16.5 Å². The molecular formula is C24H22N2O3. The summed E-state index contributed by atoms with van der Waals surface area (Å²) >= 11 is 0. The highest BCUT2D eigenvalue weighted by atomic mass is 16.5. The van der Waals surface area contributed by atoms with Crippen molar-refractivity contribution in [2.75, 3.05) is 18.6 Å². The number of likely N-dealkylation sites (N-methyl/N-ethyl adjacent to an activating group) is 1. The van der Waals surface area contributed by atoms with Crippen LogP contribution in [0.25, 0.3) is 10.9 Å². The van der Waals surface area contributed by atoms with E-state index in [-0.39, 0.29) is 17.8 Å². The number of hydrogen-bond acceptors (Lipinski definition) is 5. The molecule has 4 rings (SSSR count). The summed E-state index contributed by atoms with van der Waals surface area (Å²) in [5, 5.41) is 0.706. The standard InChI is InChI=1S/C24H22N2O3/c1-24(2)19-10-4-5-12-21(19)26(3)22(24)14-16(27)15-29-23(28)18-8-6-11-20-17(18)9-7-13-25-20/h4-14H,15H2,1-3H3/b22-14-. The predicted molar refractivity (Wildman–Crippen MR) is 113 cm³/mol. The third-order valence-electron chi connectivity index (χ3n) is 5.45. The van der Waals surface area contributed by atoms with Crippen molar-refractivity contribution in [3.05, 3.63) is 83.7 Å². The minimum absolute atomic E-state index is 0.251. The number of carbonyl (C=O) groups is 2. The lowest BCUT2D eigenvalue weighted by Crippen LogP contribution is -2.25. The number of hydrogen-bond donors (Lipinski definition) is 0. The number of ether oxygens (including phenoxy) is 1. The second-order valence-electron chi connectivity index (χ2n) is 7.65. The summed E-state index contributed by atoms with van der Waals surface area (Å²) in [4.78, 5) is 31.4. The minimum atomic E-state index is -0.530. The SMILES string of the molecule is CN1/C(=C\C(=O)COC(=O)c2cccc3ncccc23)C(C)(C)c2ccccc21. The number of para-hydroxylation sites is 1. The van der Waals surface area contributed by atoms with Gasteiger partial charge in [-0.2, -0.15) is 0 Å². The Morgan fingerprint density at radius 2 is 1.86 bits per heavy atom. The normalized spacial score (nSPS) is 16.1. The molecule has 1 aliphatic rings. The second-order valence-corrected chi connectivity index (χ2v) is 7.65. The Labute approximate surface area is 169 Å². The average molecular weight is 386 g/mol. The average Bonchev–Trinajstić information content (AvgIpc) is 2.92. The van der Waals surface area contributed by atoms with Crippen molar-refractivity contribution in [1.29, 1.82) is 0 Å². The summed E-state index contributed by atoms with van der Waals surface area (Å²) in [6, 6.07) is 16.9. The summed E-state index contributed by atoms with van der Waals surface area (Å²) in [7, 11) is 1.95. The first-order chi connectivity index (χ1) is 13.9. The molecule has 0 aliphatic carbocycles. The summed E-state index contributed by atoms with van der Waals surface area (Å²) in [6.07, 6.45) is 3.25. The number of aromatic nitrogens is 1. The molecular weight excluding hydrogens is 364 g/mol. The maximum absolute atomic E-state index is 12.6. The summed E-state index contributed by atoms with van der Waals surface area (Å²) in [6.45, 7) is 3.87. The predicted octanol–water partition coefficient (Wildman–Crippen LogP) is 4.27. The highest BCUT2D eigenvalue weighted by molar-refractivity contribution is 6.04. The van der Waals surface area contributed by atoms with Gasteiger partial charge in [0.1, 0.15) is 0 Å². The van der Waals surface area contributed by atoms with Crippen molar-refractivity contribution >= 4 is 28.3 Å². The van der Waals surface area contributed by atoms with E-state index in [1.807, 2.05) is 42.3 Å². The monoisotopic (exact) mass is 386 g/mol. The summed E-state index contributed by atoms with van der Waals surface area (Å²) in [5.74, 6) is -0.780. The molecule has 2 aromatic carbocycles. The van der Waals surface area contributed by atoms with Gasteiger partial charge < -0.3 is 9.64 Å². The highest BCUT2D eigenvalue weighted by Crippen LogP contribution is 2.46. The molecule has 3 aromatic rings. The Morgan fingerprint density at radius 3 is 2.66 bits per heavy atom. The van der Waals surface area contributed by atoms with Gasteiger partial charge in [0.05, 0.1) is 11.1 Å². The molecule has 0 radical (unpaired) electrons. The van der Waals surface area contributed by atoms with Crippen LogP contribution in [0.15, 0.2) is 72.6 Å². The van der Waals surface area contributed by atoms with Crippen molar-refractivity contribution in [2.24, 2.45) is 0 Å². The number of ketones is 1. The van der Waals surface area contributed by atoms with E-state index in [9.17, 15) is 9.59 Å². The van der Waals surface area contributed by atoms with E-state index in [1.54, 1.807) is 30.5 Å². The van der Waals surface area contributed by atoms with E-state index in [4.69, 9.17) is 4.74 Å². The molecule has 0 bridgehead atoms. The number of fused-ring (bicyclic) bond motifs is 2. The molecule has 146 valence electrons. The third-order valence-corrected chi connectivity index (χ3v) is 5.45. The lowest BCUT2D eigenvalue weighted by atomic mass is 9.83. The molecule has 0 fully saturated rings. The van der Waals surface area contributed by atoms with Gasteiger partial charge in [-0.15, -0.1) is 0 Å². The second kappa shape index (κ2) is 7.17. The van der Waals surface area contributed by atoms with Crippen LogP contribution >= 0.6 is 0 Å². The van der Waals surface area contributed by atoms with Crippen molar-refractivity contribution in [3.63, 3.8) is 0 Å². The summed E-state index contributed by atoms with van der Waals surface area (Å²) < 4.78 is 5.31. The molecule has 0 saturated carbocycles. The van der Waals surface area contributed by atoms with Crippen LogP contribution in [0, 0.1) is 0 Å². The molecule has 0 atom stereocenters. The number of benzene rings is 2. The number of rotatable bonds is 4. The Bertz CT molecular complexity index is 1140. The zero-order valence-corrected chi connectivity index (χ0v) is 16.7. The molecule has 1 aliphatic heterocycles. The van der Waals surface area contributed by atoms with Gasteiger partial charge >= 0.3 is 5.97 Å². The van der Waals surface area contributed by atoms with Crippen LogP contribution in [0.1, 0.15) is 29.8 Å². The van der Waals surface area contributed by atoms with Crippen LogP contribution < -0.4 is 4.90 Å². The van der Waals surface area contributed by atoms with Gasteiger partial charge in [-0.05, 0) is 29.8 Å². The summed E-state index contributed by atoms with van der Waals surface area (Å²) in [5.41, 5.74) is 3.95. The van der Waals surface area contributed by atoms with Crippen LogP contribution in [0.5, 0.6) is 0 Å². The fourth-order valence-electron chi connectivity index (χ4n) is 3.95. The van der Waals surface area contributed by atoms with Crippen molar-refractivity contribution in [3.8, 4) is 0 Å². The molecule has 29 heavy (non-hydrogen) atoms. The van der Waals surface area contributed by atoms with Crippen LogP contribution in [0.2, 0.25) is 0 Å². The first kappa shape index (κ1) is 18.9. The fraction of sp³-hybridized carbons (Fsp3) is 0.208. The lowest BCUT2D eigenvalue weighted by Gasteiger charge is -2.23. The molecule has 0 spiro atoms. The van der Waals surface area contributed by atoms with Gasteiger partial charge in [-0.1, -0.05) is 44.2 Å². The largest absolute Gasteiger partial charge is 0.454 e. The molecule has 0 amide bonds. The first-order valence-electron chi connectivity index (χ1n) is 9.48. The van der Waals surface area contributed by atoms with Gasteiger partial charge in [0.15, 0.2) is 12.4 Å². The Hall–Kier alpha value is -3.47. The van der Waals surface area contributed by atoms with Gasteiger partial charge in [-0.3, -0.25) is 9.78 Å². The van der Waals surface area contributed by atoms with E-state index in [2.05, 4.69) is 24.9 Å². The van der Waals surface area contributed by atoms with E-state index >= 15 is 0 Å². The van der Waals surface area contributed by atoms with Gasteiger partial charge in [-0.25, -0.2) is 4.79 Å². The van der Waals surface area contributed by atoms with Crippen molar-refractivity contribution in [2.45, 2.75) is 19.3 Å². The number of nitrogens with zero attached hydrogens (tertiary/aromatic N) is 2. The number of carbonyl (C=O) groups excluding carboxylic acids is 2. The van der Waals surface area contributed by atoms with Crippen molar-refractivity contribution in [1.82, 2.24) is 4.98 Å². The van der Waals surface area contributed by atoms with E-state index in [0.717, 1.165) is 11.4 Å². The smallest absolute Gasteiger partial charge is 0.339 e. The number of pyridine rings is 1. The Kier molecular flexibility index (Phi) is 4.66. The molecule has 5 nitrogen and oxygen atoms in total. The number of allylic oxidation sites excluding steroid dienone is 1. The maximum Gasteiger partial charge on any atom is 0.339 e. The molecule has 0 saturated heterocycles. The van der Waals surface area contributed by atoms with Crippen LogP contribution in [-0.2, 0) is 14.9 Å². The highest BCUT2D eigenvalue weighted by Gasteiger charge is 2.38. The van der Waals surface area contributed by atoms with Gasteiger partial charge in [0.2, 0.25) is 0 Å². The maximum atomic E-state index is 12.6. The lowest BCUT2D eigenvalue weighted by molar-refractivity contribution is -0.117. The molecule has 0 N–H and O–H groups in total. The minimum Gasteiger partial charge on any atom is -0.454 e. The molecule has 1 aromatic heterocycles. The molecule has 2 heterocycles. The molecule has 5 heteroatoms. The van der Waals surface area contributed by atoms with Gasteiger partial charge in [0.25, 0.3) is 0 Å². The molecule has 0 unspecified atom stereocenters. The van der Waals surface area contributed by atoms with Crippen LogP contribution in [0.3, 0.4) is 0 Å². The van der Waals surface area contributed by atoms with Crippen molar-refractivity contribution < 1.29 is 14.3 Å². The first-order valence-corrected chi connectivity index (χ1v) is 9.48. The zero-order valence-electron chi connectivity index (χ0n) is 16.7. The fourth-order valence-corrected chi connectivity index (χ4v) is 3.95. The quantitative estimate of drug-likeness (QED) is 0.495. The van der Waals surface area contributed by atoms with Crippen LogP contribution in [-0.4, -0.2) is 30.4 Å². The van der Waals surface area contributed by atoms with Crippen LogP contribution in [0.4, 0.5) is 5.69 Å².